The van der Waals surface area contributed by atoms with E-state index in [1.807, 2.05) is 0 Å². The van der Waals surface area contributed by atoms with E-state index < -0.39 is 0 Å². The summed E-state index contributed by atoms with van der Waals surface area (Å²) >= 11 is 49.0. The molecule has 0 heterocycles. The first-order valence-electron chi connectivity index (χ1n) is 4.90. The Morgan fingerprint density at radius 2 is 0.133 bits per heavy atom. The topological polar surface area (TPSA) is 0 Å². The summed E-state index contributed by atoms with van der Waals surface area (Å²) in [6.45, 7) is 0. The van der Waals surface area contributed by atoms with Crippen molar-refractivity contribution in [3.63, 3.8) is 0 Å². The monoisotopic (exact) mass is 948 g/mol. The van der Waals surface area contributed by atoms with E-state index in [0.29, 0.717) is 0 Å². The van der Waals surface area contributed by atoms with Gasteiger partial charge in [0, 0.05) is 0 Å². The third kappa shape index (κ3) is 696. The van der Waals surface area contributed by atoms with Crippen LogP contribution < -0.4 is 0 Å². The van der Waals surface area contributed by atoms with Crippen LogP contribution in [0.25, 0.3) is 0 Å². The average molecular weight is 958 g/mol. The van der Waals surface area contributed by atoms with Crippen LogP contribution in [0.5, 0.6) is 0 Å². The van der Waals surface area contributed by atoms with Crippen LogP contribution in [0.1, 0.15) is 0 Å². The second kappa shape index (κ2) is 757. The molecule has 0 aromatic carbocycles. The summed E-state index contributed by atoms with van der Waals surface area (Å²) in [5.74, 6) is 0. The standard InChI is InChI=1S/12CH4S.6Zn/c12*1-2;;;;;;/h12*2H,1H3;;;;;;/q;;;;;;;;;;;;6*+2/p-12. The van der Waals surface area contributed by atoms with Gasteiger partial charge in [0.05, 0.1) is 0 Å². The van der Waals surface area contributed by atoms with E-state index in [0.717, 1.165) is 0 Å². The van der Waals surface area contributed by atoms with Crippen LogP contribution in [-0.2, 0) is 268 Å². The van der Waals surface area contributed by atoms with E-state index in [9.17, 15) is 0 Å². The molecule has 0 aromatic rings. The van der Waals surface area contributed by atoms with Gasteiger partial charge in [-0.25, -0.2) is 0 Å². The molecular weight excluding hydrogens is 921 g/mol. The average Bonchev–Trinajstić information content (AvgIpc) is 2.84. The fraction of sp³-hybridized carbons (Fsp3) is 1.00. The van der Waals surface area contributed by atoms with Crippen LogP contribution in [0.4, 0.5) is 0 Å². The van der Waals surface area contributed by atoms with E-state index in [2.05, 4.69) is 152 Å². The summed E-state index contributed by atoms with van der Waals surface area (Å²) < 4.78 is 0. The minimum absolute atomic E-state index is 0. The molecule has 0 fully saturated rings. The summed E-state index contributed by atoms with van der Waals surface area (Å²) in [5.41, 5.74) is 0. The van der Waals surface area contributed by atoms with Gasteiger partial charge < -0.3 is 152 Å². The van der Waals surface area contributed by atoms with Crippen molar-refractivity contribution in [3.8, 4) is 0 Å². The van der Waals surface area contributed by atoms with Crippen molar-refractivity contribution in [1.82, 2.24) is 0 Å². The van der Waals surface area contributed by atoms with Gasteiger partial charge in [-0.1, -0.05) is 0 Å². The Hall–Kier alpha value is 7.94. The summed E-state index contributed by atoms with van der Waals surface area (Å²) in [7, 11) is 0. The zero-order valence-electron chi connectivity index (χ0n) is 21.1. The minimum atomic E-state index is 0. The van der Waals surface area contributed by atoms with Gasteiger partial charge in [-0.2, -0.15) is 75.1 Å². The van der Waals surface area contributed by atoms with Crippen LogP contribution in [0, 0.1) is 0 Å². The van der Waals surface area contributed by atoms with E-state index in [1.54, 1.807) is 75.1 Å². The van der Waals surface area contributed by atoms with Crippen molar-refractivity contribution in [1.29, 1.82) is 0 Å². The van der Waals surface area contributed by atoms with Gasteiger partial charge in [0.15, 0.2) is 0 Å². The molecule has 0 aliphatic heterocycles. The predicted octanol–water partition coefficient (Wildman–Crippen LogP) is 1.94. The van der Waals surface area contributed by atoms with Gasteiger partial charge in [0.1, 0.15) is 0 Å². The van der Waals surface area contributed by atoms with Gasteiger partial charge in [-0.05, 0) is 0 Å². The predicted molar refractivity (Wildman–Crippen MR) is 159 cm³/mol. The molecule has 0 spiro atoms. The molecule has 0 radical (unpaired) electrons. The second-order valence-corrected chi connectivity index (χ2v) is 0. The second-order valence-electron chi connectivity index (χ2n) is 0. The SMILES string of the molecule is C[S-].C[S-].C[S-].C[S-].C[S-].C[S-].C[S-].C[S-].C[S-].C[S-].C[S-].C[S-].[Zn+2].[Zn+2].[Zn+2].[Zn+2].[Zn+2].[Zn+2]. The molecule has 0 amide bonds. The summed E-state index contributed by atoms with van der Waals surface area (Å²) in [6.07, 6.45) is 19.0. The first-order valence-corrected chi connectivity index (χ1v) is 14.7. The van der Waals surface area contributed by atoms with E-state index >= 15 is 0 Å². The largest absolute Gasteiger partial charge is 2.00 e. The molecule has 0 aliphatic rings. The van der Waals surface area contributed by atoms with Crippen molar-refractivity contribution in [2.45, 2.75) is 0 Å². The Kier molecular flexibility index (Phi) is 3280. The molecule has 0 rings (SSSR count). The normalized spacial score (nSPS) is 2.40. The maximum atomic E-state index is 4.08. The van der Waals surface area contributed by atoms with Crippen molar-refractivity contribution in [3.05, 3.63) is 0 Å². The van der Waals surface area contributed by atoms with Crippen molar-refractivity contribution in [2.75, 3.05) is 75.1 Å². The number of rotatable bonds is 0. The Bertz CT molecular complexity index is 45.7. The molecule has 30 heavy (non-hydrogen) atoms. The fourth-order valence-corrected chi connectivity index (χ4v) is 0. The van der Waals surface area contributed by atoms with Crippen LogP contribution >= 0.6 is 0 Å². The third-order valence-corrected chi connectivity index (χ3v) is 0. The third-order valence-electron chi connectivity index (χ3n) is 0. The molecule has 0 unspecified atom stereocenters. The Morgan fingerprint density at radius 1 is 0.133 bits per heavy atom. The molecule has 0 saturated carbocycles. The van der Waals surface area contributed by atoms with Crippen LogP contribution in [0.2, 0.25) is 0 Å². The summed E-state index contributed by atoms with van der Waals surface area (Å²) in [4.78, 5) is 0. The smallest absolute Gasteiger partial charge is 0.796 e. The molecule has 0 aliphatic carbocycles. The van der Waals surface area contributed by atoms with Gasteiger partial charge in [0.2, 0.25) is 0 Å². The van der Waals surface area contributed by atoms with Gasteiger partial charge in [-0.15, -0.1) is 0 Å². The minimum Gasteiger partial charge on any atom is -0.796 e. The van der Waals surface area contributed by atoms with Crippen molar-refractivity contribution >= 4 is 152 Å². The molecular formula is C12H36S12Zn6. The molecule has 0 atom stereocenters. The Balaban J connectivity index is -0.00000000321. The van der Waals surface area contributed by atoms with Crippen molar-refractivity contribution in [2.24, 2.45) is 0 Å². The number of hydrogen-bond donors (Lipinski definition) is 0. The Morgan fingerprint density at radius 3 is 0.133 bits per heavy atom. The molecule has 0 bridgehead atoms. The zero-order valence-corrected chi connectivity index (χ0v) is 48.7. The van der Waals surface area contributed by atoms with Crippen LogP contribution in [0.15, 0.2) is 0 Å². The van der Waals surface area contributed by atoms with E-state index in [1.165, 1.54) is 0 Å². The van der Waals surface area contributed by atoms with E-state index in [4.69, 9.17) is 0 Å². The fourth-order valence-electron chi connectivity index (χ4n) is 0. The summed E-state index contributed by atoms with van der Waals surface area (Å²) in [5, 5.41) is 0. The van der Waals surface area contributed by atoms with Gasteiger partial charge >= 0.3 is 117 Å². The number of hydrogen-bond acceptors (Lipinski definition) is 12. The zero-order chi connectivity index (χ0) is 24.0. The summed E-state index contributed by atoms with van der Waals surface area (Å²) in [6, 6.07) is 0. The molecule has 0 aromatic heterocycles. The molecule has 168 valence electrons. The van der Waals surface area contributed by atoms with Crippen molar-refractivity contribution < 1.29 is 117 Å². The Labute approximate surface area is 337 Å². The van der Waals surface area contributed by atoms with Gasteiger partial charge in [0.25, 0.3) is 0 Å². The molecule has 0 nitrogen and oxygen atoms in total. The maximum Gasteiger partial charge on any atom is 2.00 e. The molecule has 18 heteroatoms. The van der Waals surface area contributed by atoms with E-state index in [-0.39, 0.29) is 117 Å². The first-order chi connectivity index (χ1) is 12.0. The quantitative estimate of drug-likeness (QED) is 0.258. The van der Waals surface area contributed by atoms with Crippen LogP contribution in [0.3, 0.4) is 0 Å². The maximum absolute atomic E-state index is 4.08. The molecule has 0 saturated heterocycles. The van der Waals surface area contributed by atoms with Gasteiger partial charge in [-0.3, -0.25) is 0 Å². The first kappa shape index (κ1) is 130. The molecule has 0 N–H and O–H groups in total. The van der Waals surface area contributed by atoms with Crippen LogP contribution in [-0.4, -0.2) is 75.1 Å².